The highest BCUT2D eigenvalue weighted by atomic mass is 16.7. The maximum absolute atomic E-state index is 13.6. The molecule has 2 aromatic carbocycles. The number of para-hydroxylation sites is 1. The molecular weight excluding hydrogens is 476 g/mol. The highest BCUT2D eigenvalue weighted by molar-refractivity contribution is 6.06. The first kappa shape index (κ1) is 21.6. The summed E-state index contributed by atoms with van der Waals surface area (Å²) < 4.78 is 19.3. The molecular formula is C26H22N6O5. The van der Waals surface area contributed by atoms with E-state index in [-0.39, 0.29) is 31.3 Å². The molecule has 1 N–H and O–H groups in total. The molecule has 0 unspecified atom stereocenters. The van der Waals surface area contributed by atoms with E-state index < -0.39 is 0 Å². The van der Waals surface area contributed by atoms with E-state index in [4.69, 9.17) is 14.0 Å². The molecule has 1 saturated carbocycles. The van der Waals surface area contributed by atoms with E-state index in [2.05, 4.69) is 20.4 Å². The predicted molar refractivity (Wildman–Crippen MR) is 131 cm³/mol. The highest BCUT2D eigenvalue weighted by Crippen LogP contribution is 2.38. The Bertz CT molecular complexity index is 1730. The summed E-state index contributed by atoms with van der Waals surface area (Å²) in [6.45, 7) is 0.579. The van der Waals surface area contributed by atoms with Crippen molar-refractivity contribution >= 4 is 27.8 Å². The van der Waals surface area contributed by atoms with E-state index in [0.29, 0.717) is 46.7 Å². The van der Waals surface area contributed by atoms with E-state index in [1.807, 2.05) is 42.5 Å². The molecule has 2 aliphatic rings. The third-order valence-corrected chi connectivity index (χ3v) is 6.69. The Kier molecular flexibility index (Phi) is 4.95. The number of hydrogen-bond donors (Lipinski definition) is 1. The maximum atomic E-state index is 13.6. The number of carbonyl (C=O) groups excluding carboxylic acids is 1. The van der Waals surface area contributed by atoms with Crippen LogP contribution < -0.4 is 20.3 Å². The smallest absolute Gasteiger partial charge is 0.278 e. The Morgan fingerprint density at radius 2 is 1.97 bits per heavy atom. The van der Waals surface area contributed by atoms with Gasteiger partial charge in [0.1, 0.15) is 24.1 Å². The number of nitrogens with zero attached hydrogens (tertiary/aromatic N) is 5. The fourth-order valence-corrected chi connectivity index (χ4v) is 4.66. The average Bonchev–Trinajstić information content (AvgIpc) is 3.34. The van der Waals surface area contributed by atoms with Gasteiger partial charge in [-0.2, -0.15) is 4.98 Å². The van der Waals surface area contributed by atoms with Crippen LogP contribution >= 0.6 is 0 Å². The van der Waals surface area contributed by atoms with Gasteiger partial charge in [0.2, 0.25) is 18.6 Å². The van der Waals surface area contributed by atoms with E-state index in [9.17, 15) is 9.59 Å². The molecule has 5 aromatic rings. The number of carbonyl (C=O) groups is 1. The minimum Gasteiger partial charge on any atom is -0.454 e. The summed E-state index contributed by atoms with van der Waals surface area (Å²) in [5.74, 6) is 2.51. The van der Waals surface area contributed by atoms with Gasteiger partial charge in [-0.25, -0.2) is 4.98 Å². The number of hydrogen-bond acceptors (Lipinski definition) is 8. The molecule has 11 nitrogen and oxygen atoms in total. The first-order valence-electron chi connectivity index (χ1n) is 12.1. The molecule has 1 aliphatic heterocycles. The molecule has 0 radical (unpaired) electrons. The van der Waals surface area contributed by atoms with Gasteiger partial charge in [-0.1, -0.05) is 29.4 Å². The molecule has 1 fully saturated rings. The SMILES string of the molecule is O=C(Cn1c2ccccc2c2ncn(Cc3nc(C4CC4)no3)c(=O)c21)NCc1ccc2c(c1)OCO2. The third-order valence-electron chi connectivity index (χ3n) is 6.69. The summed E-state index contributed by atoms with van der Waals surface area (Å²) in [4.78, 5) is 35.6. The van der Waals surface area contributed by atoms with Crippen molar-refractivity contribution in [1.82, 2.24) is 29.6 Å². The van der Waals surface area contributed by atoms with Crippen molar-refractivity contribution in [3.63, 3.8) is 0 Å². The van der Waals surface area contributed by atoms with Gasteiger partial charge < -0.3 is 23.9 Å². The molecule has 0 bridgehead atoms. The summed E-state index contributed by atoms with van der Waals surface area (Å²) in [6, 6.07) is 13.1. The topological polar surface area (TPSA) is 126 Å². The zero-order valence-electron chi connectivity index (χ0n) is 19.7. The van der Waals surface area contributed by atoms with Crippen molar-refractivity contribution < 1.29 is 18.8 Å². The van der Waals surface area contributed by atoms with Crippen molar-refractivity contribution in [1.29, 1.82) is 0 Å². The van der Waals surface area contributed by atoms with Gasteiger partial charge >= 0.3 is 0 Å². The van der Waals surface area contributed by atoms with Gasteiger partial charge in [-0.15, -0.1) is 0 Å². The lowest BCUT2D eigenvalue weighted by molar-refractivity contribution is -0.121. The van der Waals surface area contributed by atoms with Crippen LogP contribution in [0.15, 0.2) is 58.1 Å². The normalized spacial score (nSPS) is 14.5. The summed E-state index contributed by atoms with van der Waals surface area (Å²) in [5, 5.41) is 7.76. The Balaban J connectivity index is 1.19. The van der Waals surface area contributed by atoms with Gasteiger partial charge in [0.05, 0.1) is 11.8 Å². The van der Waals surface area contributed by atoms with Crippen LogP contribution in [0.25, 0.3) is 21.9 Å². The maximum Gasteiger partial charge on any atom is 0.278 e. The fraction of sp³-hybridized carbons (Fsp3) is 0.269. The zero-order chi connectivity index (χ0) is 24.9. The molecule has 3 aromatic heterocycles. The Hall–Kier alpha value is -4.67. The van der Waals surface area contributed by atoms with Crippen LogP contribution in [-0.2, 0) is 24.4 Å². The molecule has 1 amide bonds. The van der Waals surface area contributed by atoms with Gasteiger partial charge in [0.15, 0.2) is 17.3 Å². The third kappa shape index (κ3) is 3.88. The number of nitrogens with one attached hydrogen (secondary N) is 1. The van der Waals surface area contributed by atoms with Gasteiger partial charge in [-0.05, 0) is 36.6 Å². The Morgan fingerprint density at radius 3 is 2.86 bits per heavy atom. The van der Waals surface area contributed by atoms with Crippen LogP contribution in [0.4, 0.5) is 0 Å². The number of rotatable bonds is 7. The van der Waals surface area contributed by atoms with Crippen LogP contribution in [0.1, 0.15) is 36.0 Å². The molecule has 11 heteroatoms. The standard InChI is InChI=1S/C26H22N6O5/c33-21(27-10-15-5-8-19-20(9-15)36-14-35-19)11-32-18-4-2-1-3-17(18)23-24(32)26(34)31(13-28-23)12-22-29-25(30-37-22)16-6-7-16/h1-5,8-9,13,16H,6-7,10-12,14H2,(H,27,33). The zero-order valence-corrected chi connectivity index (χ0v) is 19.7. The van der Waals surface area contributed by atoms with Crippen molar-refractivity contribution in [2.45, 2.75) is 38.4 Å². The van der Waals surface area contributed by atoms with Crippen LogP contribution in [-0.4, -0.2) is 37.0 Å². The molecule has 4 heterocycles. The number of fused-ring (bicyclic) bond motifs is 4. The van der Waals surface area contributed by atoms with Gasteiger partial charge in [-0.3, -0.25) is 14.2 Å². The highest BCUT2D eigenvalue weighted by Gasteiger charge is 2.29. The van der Waals surface area contributed by atoms with E-state index in [1.54, 1.807) is 4.57 Å². The molecule has 0 atom stereocenters. The lowest BCUT2D eigenvalue weighted by Gasteiger charge is -2.10. The van der Waals surface area contributed by atoms with Crippen LogP contribution in [0.5, 0.6) is 11.5 Å². The molecule has 37 heavy (non-hydrogen) atoms. The number of amides is 1. The average molecular weight is 498 g/mol. The van der Waals surface area contributed by atoms with Gasteiger partial charge in [0.25, 0.3) is 5.56 Å². The molecule has 0 spiro atoms. The van der Waals surface area contributed by atoms with E-state index >= 15 is 0 Å². The summed E-state index contributed by atoms with van der Waals surface area (Å²) in [6.07, 6.45) is 3.61. The summed E-state index contributed by atoms with van der Waals surface area (Å²) in [7, 11) is 0. The number of ether oxygens (including phenoxy) is 2. The summed E-state index contributed by atoms with van der Waals surface area (Å²) in [5.41, 5.74) is 2.25. The predicted octanol–water partition coefficient (Wildman–Crippen LogP) is 2.71. The second-order valence-corrected chi connectivity index (χ2v) is 9.26. The number of aromatic nitrogens is 5. The lowest BCUT2D eigenvalue weighted by atomic mass is 10.2. The van der Waals surface area contributed by atoms with Crippen molar-refractivity contribution in [3.8, 4) is 11.5 Å². The monoisotopic (exact) mass is 498 g/mol. The molecule has 186 valence electrons. The van der Waals surface area contributed by atoms with Crippen LogP contribution in [0.3, 0.4) is 0 Å². The second-order valence-electron chi connectivity index (χ2n) is 9.26. The van der Waals surface area contributed by atoms with E-state index in [0.717, 1.165) is 29.3 Å². The molecule has 1 aliphatic carbocycles. The lowest BCUT2D eigenvalue weighted by Crippen LogP contribution is -2.29. The minimum atomic E-state index is -0.282. The first-order valence-corrected chi connectivity index (χ1v) is 12.1. The quantitative estimate of drug-likeness (QED) is 0.363. The van der Waals surface area contributed by atoms with Crippen molar-refractivity contribution in [2.24, 2.45) is 0 Å². The van der Waals surface area contributed by atoms with Crippen molar-refractivity contribution in [3.05, 3.63) is 76.4 Å². The van der Waals surface area contributed by atoms with Crippen molar-refractivity contribution in [2.75, 3.05) is 6.79 Å². The Morgan fingerprint density at radius 1 is 1.11 bits per heavy atom. The number of benzene rings is 2. The first-order chi connectivity index (χ1) is 18.1. The minimum absolute atomic E-state index is 0.0398. The molecule has 7 rings (SSSR count). The van der Waals surface area contributed by atoms with Crippen LogP contribution in [0, 0.1) is 0 Å². The second kappa shape index (κ2) is 8.47. The van der Waals surface area contributed by atoms with Crippen LogP contribution in [0.2, 0.25) is 0 Å². The van der Waals surface area contributed by atoms with Gasteiger partial charge in [0, 0.05) is 17.8 Å². The Labute approximate surface area is 209 Å². The fourth-order valence-electron chi connectivity index (χ4n) is 4.66. The molecule has 0 saturated heterocycles. The van der Waals surface area contributed by atoms with E-state index in [1.165, 1.54) is 10.9 Å². The largest absolute Gasteiger partial charge is 0.454 e. The summed E-state index contributed by atoms with van der Waals surface area (Å²) >= 11 is 0.